The zero-order valence-corrected chi connectivity index (χ0v) is 10.2. The molecule has 1 aromatic carbocycles. The largest absolute Gasteiger partial charge is 0.207 e. The molecule has 15 heavy (non-hydrogen) atoms. The van der Waals surface area contributed by atoms with E-state index in [-0.39, 0.29) is 5.82 Å². The molecule has 0 aromatic heterocycles. The van der Waals surface area contributed by atoms with E-state index < -0.39 is 0 Å². The van der Waals surface area contributed by atoms with Gasteiger partial charge in [-0.3, -0.25) is 0 Å². The Balaban J connectivity index is 0.000000531. The molecule has 0 nitrogen and oxygen atoms in total. The van der Waals surface area contributed by atoms with E-state index in [9.17, 15) is 4.39 Å². The van der Waals surface area contributed by atoms with Crippen molar-refractivity contribution in [3.8, 4) is 0 Å². The molecule has 0 atom stereocenters. The molecule has 0 heterocycles. The summed E-state index contributed by atoms with van der Waals surface area (Å²) in [4.78, 5) is 0. The molecule has 1 saturated carbocycles. The summed E-state index contributed by atoms with van der Waals surface area (Å²) in [5.41, 5.74) is 1.68. The van der Waals surface area contributed by atoms with Crippen molar-refractivity contribution in [1.82, 2.24) is 0 Å². The Hall–Kier alpha value is -0.850. The van der Waals surface area contributed by atoms with Gasteiger partial charge in [-0.15, -0.1) is 0 Å². The van der Waals surface area contributed by atoms with Crippen LogP contribution < -0.4 is 0 Å². The molecule has 1 aliphatic carbocycles. The number of benzene rings is 1. The minimum atomic E-state index is -0.136. The molecule has 0 aliphatic heterocycles. The summed E-state index contributed by atoms with van der Waals surface area (Å²) >= 11 is 0. The van der Waals surface area contributed by atoms with Gasteiger partial charge in [-0.05, 0) is 41.9 Å². The topological polar surface area (TPSA) is 0 Å². The van der Waals surface area contributed by atoms with E-state index in [2.05, 4.69) is 13.8 Å². The maximum atomic E-state index is 12.7. The van der Waals surface area contributed by atoms with Crippen molar-refractivity contribution >= 4 is 0 Å². The lowest BCUT2D eigenvalue weighted by Gasteiger charge is -2.19. The summed E-state index contributed by atoms with van der Waals surface area (Å²) in [5, 5.41) is 0. The molecular formula is C14H21F. The van der Waals surface area contributed by atoms with Crippen LogP contribution in [-0.4, -0.2) is 0 Å². The van der Waals surface area contributed by atoms with Gasteiger partial charge in [0.1, 0.15) is 5.82 Å². The van der Waals surface area contributed by atoms with E-state index in [0.29, 0.717) is 11.3 Å². The predicted molar refractivity (Wildman–Crippen MR) is 63.5 cm³/mol. The third-order valence-electron chi connectivity index (χ3n) is 3.31. The van der Waals surface area contributed by atoms with Crippen LogP contribution in [0.5, 0.6) is 0 Å². The van der Waals surface area contributed by atoms with Crippen molar-refractivity contribution in [3.05, 3.63) is 35.6 Å². The van der Waals surface area contributed by atoms with Gasteiger partial charge in [-0.1, -0.05) is 39.8 Å². The second-order valence-electron chi connectivity index (χ2n) is 4.32. The Morgan fingerprint density at radius 1 is 1.07 bits per heavy atom. The molecule has 0 spiro atoms. The molecule has 1 fully saturated rings. The van der Waals surface area contributed by atoms with Gasteiger partial charge in [-0.2, -0.15) is 0 Å². The van der Waals surface area contributed by atoms with Gasteiger partial charge in [0.25, 0.3) is 0 Å². The van der Waals surface area contributed by atoms with Crippen LogP contribution in [0.4, 0.5) is 4.39 Å². The van der Waals surface area contributed by atoms with Crippen LogP contribution in [0.1, 0.15) is 46.1 Å². The van der Waals surface area contributed by atoms with Gasteiger partial charge in [0.2, 0.25) is 0 Å². The SMILES string of the molecule is CC.CC(C)C1(c2ccc(F)cc2)CC1. The van der Waals surface area contributed by atoms with Crippen LogP contribution in [0.15, 0.2) is 24.3 Å². The maximum absolute atomic E-state index is 12.7. The van der Waals surface area contributed by atoms with Gasteiger partial charge < -0.3 is 0 Å². The molecule has 0 N–H and O–H groups in total. The average Bonchev–Trinajstić information content (AvgIpc) is 3.03. The Kier molecular flexibility index (Phi) is 3.90. The number of hydrogen-bond donors (Lipinski definition) is 0. The minimum absolute atomic E-state index is 0.136. The molecule has 2 rings (SSSR count). The van der Waals surface area contributed by atoms with Crippen molar-refractivity contribution in [2.45, 2.75) is 46.0 Å². The van der Waals surface area contributed by atoms with E-state index in [1.54, 1.807) is 12.1 Å². The molecule has 1 heteroatoms. The second kappa shape index (κ2) is 4.78. The monoisotopic (exact) mass is 208 g/mol. The Morgan fingerprint density at radius 2 is 1.53 bits per heavy atom. The normalized spacial score (nSPS) is 16.9. The third-order valence-corrected chi connectivity index (χ3v) is 3.31. The fraction of sp³-hybridized carbons (Fsp3) is 0.571. The molecule has 84 valence electrons. The van der Waals surface area contributed by atoms with Crippen molar-refractivity contribution in [3.63, 3.8) is 0 Å². The first-order chi connectivity index (χ1) is 7.15. The van der Waals surface area contributed by atoms with Crippen molar-refractivity contribution < 1.29 is 4.39 Å². The zero-order valence-electron chi connectivity index (χ0n) is 10.2. The standard InChI is InChI=1S/C12H15F.C2H6/c1-9(2)12(7-8-12)10-3-5-11(13)6-4-10;1-2/h3-6,9H,7-8H2,1-2H3;1-2H3. The Bertz CT molecular complexity index is 294. The quantitative estimate of drug-likeness (QED) is 0.669. The van der Waals surface area contributed by atoms with Gasteiger partial charge in [-0.25, -0.2) is 4.39 Å². The van der Waals surface area contributed by atoms with E-state index in [4.69, 9.17) is 0 Å². The van der Waals surface area contributed by atoms with Crippen LogP contribution in [-0.2, 0) is 5.41 Å². The van der Waals surface area contributed by atoms with Crippen molar-refractivity contribution in [2.75, 3.05) is 0 Å². The Labute approximate surface area is 92.5 Å². The van der Waals surface area contributed by atoms with E-state index >= 15 is 0 Å². The first-order valence-electron chi connectivity index (χ1n) is 5.91. The molecule has 0 saturated heterocycles. The summed E-state index contributed by atoms with van der Waals surface area (Å²) in [6.45, 7) is 8.49. The number of rotatable bonds is 2. The molecule has 0 unspecified atom stereocenters. The smallest absolute Gasteiger partial charge is 0.123 e. The van der Waals surface area contributed by atoms with Crippen LogP contribution in [0.2, 0.25) is 0 Å². The highest BCUT2D eigenvalue weighted by atomic mass is 19.1. The van der Waals surface area contributed by atoms with E-state index in [0.717, 1.165) is 0 Å². The first-order valence-corrected chi connectivity index (χ1v) is 5.91. The number of halogens is 1. The molecule has 0 amide bonds. The van der Waals surface area contributed by atoms with Crippen LogP contribution >= 0.6 is 0 Å². The highest BCUT2D eigenvalue weighted by Gasteiger charge is 2.46. The van der Waals surface area contributed by atoms with Crippen LogP contribution in [0.3, 0.4) is 0 Å². The van der Waals surface area contributed by atoms with Gasteiger partial charge in [0.15, 0.2) is 0 Å². The van der Waals surface area contributed by atoms with Crippen LogP contribution in [0.25, 0.3) is 0 Å². The maximum Gasteiger partial charge on any atom is 0.123 e. The average molecular weight is 208 g/mol. The fourth-order valence-corrected chi connectivity index (χ4v) is 2.12. The van der Waals surface area contributed by atoms with Gasteiger partial charge >= 0.3 is 0 Å². The van der Waals surface area contributed by atoms with Gasteiger partial charge in [0, 0.05) is 0 Å². The van der Waals surface area contributed by atoms with Gasteiger partial charge in [0.05, 0.1) is 0 Å². The summed E-state index contributed by atoms with van der Waals surface area (Å²) in [6.07, 6.45) is 2.52. The van der Waals surface area contributed by atoms with Crippen LogP contribution in [0, 0.1) is 11.7 Å². The molecule has 0 bridgehead atoms. The lowest BCUT2D eigenvalue weighted by Crippen LogP contribution is -2.14. The van der Waals surface area contributed by atoms with Crippen molar-refractivity contribution in [1.29, 1.82) is 0 Å². The third kappa shape index (κ3) is 2.39. The highest BCUT2D eigenvalue weighted by molar-refractivity contribution is 5.32. The summed E-state index contributed by atoms with van der Waals surface area (Å²) in [5.74, 6) is 0.529. The van der Waals surface area contributed by atoms with E-state index in [1.165, 1.54) is 18.4 Å². The van der Waals surface area contributed by atoms with Crippen molar-refractivity contribution in [2.24, 2.45) is 5.92 Å². The summed E-state index contributed by atoms with van der Waals surface area (Å²) < 4.78 is 12.7. The highest BCUT2D eigenvalue weighted by Crippen LogP contribution is 2.53. The second-order valence-corrected chi connectivity index (χ2v) is 4.32. The zero-order chi connectivity index (χ0) is 11.5. The lowest BCUT2D eigenvalue weighted by molar-refractivity contribution is 0.480. The summed E-state index contributed by atoms with van der Waals surface area (Å²) in [6, 6.07) is 7.00. The number of hydrogen-bond acceptors (Lipinski definition) is 0. The Morgan fingerprint density at radius 3 is 1.87 bits per heavy atom. The molecular weight excluding hydrogens is 187 g/mol. The first kappa shape index (κ1) is 12.2. The predicted octanol–water partition coefficient (Wildman–Crippen LogP) is 4.54. The van der Waals surface area contributed by atoms with E-state index in [1.807, 2.05) is 26.0 Å². The fourth-order valence-electron chi connectivity index (χ4n) is 2.12. The molecule has 0 radical (unpaired) electrons. The molecule has 1 aromatic rings. The lowest BCUT2D eigenvalue weighted by atomic mass is 9.85. The molecule has 1 aliphatic rings. The minimum Gasteiger partial charge on any atom is -0.207 e. The summed E-state index contributed by atoms with van der Waals surface area (Å²) in [7, 11) is 0.